The van der Waals surface area contributed by atoms with Gasteiger partial charge in [-0.05, 0) is 68.9 Å². The van der Waals surface area contributed by atoms with Crippen molar-refractivity contribution in [3.8, 4) is 5.75 Å². The molecule has 0 saturated heterocycles. The van der Waals surface area contributed by atoms with Crippen molar-refractivity contribution in [2.75, 3.05) is 5.32 Å². The van der Waals surface area contributed by atoms with Gasteiger partial charge in [-0.1, -0.05) is 41.9 Å². The predicted octanol–water partition coefficient (Wildman–Crippen LogP) is 5.63. The first-order chi connectivity index (χ1) is 16.1. The Kier molecular flexibility index (Phi) is 6.64. The number of rotatable bonds is 6. The minimum Gasteiger partial charge on any atom is -0.504 e. The van der Waals surface area contributed by atoms with Crippen LogP contribution in [-0.4, -0.2) is 24.3 Å². The molecule has 2 aromatic carbocycles. The van der Waals surface area contributed by atoms with Gasteiger partial charge in [0.15, 0.2) is 15.6 Å². The fourth-order valence-electron chi connectivity index (χ4n) is 4.30. The molecule has 34 heavy (non-hydrogen) atoms. The van der Waals surface area contributed by atoms with Crippen LogP contribution in [0.15, 0.2) is 64.1 Å². The number of benzene rings is 2. The average Bonchev–Trinajstić information content (AvgIpc) is 3.26. The van der Waals surface area contributed by atoms with Crippen LogP contribution in [0.1, 0.15) is 49.6 Å². The number of nitrogens with one attached hydrogen (secondary N) is 2. The van der Waals surface area contributed by atoms with Crippen LogP contribution >= 0.6 is 11.6 Å². The summed E-state index contributed by atoms with van der Waals surface area (Å²) in [6, 6.07) is 12.9. The van der Waals surface area contributed by atoms with E-state index in [2.05, 4.69) is 10.6 Å². The molecule has 7 nitrogen and oxygen atoms in total. The van der Waals surface area contributed by atoms with Gasteiger partial charge in [0, 0.05) is 0 Å². The Hall–Kier alpha value is -2.97. The van der Waals surface area contributed by atoms with Crippen LogP contribution in [0.4, 0.5) is 10.5 Å². The van der Waals surface area contributed by atoms with Crippen molar-refractivity contribution in [1.29, 1.82) is 0 Å². The van der Waals surface area contributed by atoms with Crippen LogP contribution in [0, 0.1) is 0 Å². The third-order valence-electron chi connectivity index (χ3n) is 6.14. The number of aryl methyl sites for hydroxylation is 1. The van der Waals surface area contributed by atoms with Gasteiger partial charge in [0.25, 0.3) is 0 Å². The second kappa shape index (κ2) is 9.35. The molecule has 1 aromatic heterocycles. The minimum atomic E-state index is -4.08. The van der Waals surface area contributed by atoms with Crippen LogP contribution in [0.5, 0.6) is 5.75 Å². The molecule has 180 valence electrons. The van der Waals surface area contributed by atoms with Gasteiger partial charge in [-0.25, -0.2) is 13.2 Å². The van der Waals surface area contributed by atoms with Crippen LogP contribution in [-0.2, 0) is 22.7 Å². The van der Waals surface area contributed by atoms with E-state index in [4.69, 9.17) is 16.0 Å². The normalized spacial score (nSPS) is 16.0. The van der Waals surface area contributed by atoms with Crippen LogP contribution in [0.25, 0.3) is 0 Å². The topological polar surface area (TPSA) is 109 Å². The van der Waals surface area contributed by atoms with E-state index < -0.39 is 31.3 Å². The van der Waals surface area contributed by atoms with E-state index in [1.54, 1.807) is 20.1 Å². The molecule has 3 N–H and O–H groups in total. The SMILES string of the molecule is CC(C)(Cc1ccccc1)S(=O)(=O)c1c(Cl)ccc(NC(=O)NC2CCCc3ccoc32)c1O. The summed E-state index contributed by atoms with van der Waals surface area (Å²) in [5, 5.41) is 16.2. The first kappa shape index (κ1) is 24.2. The maximum absolute atomic E-state index is 13.6. The zero-order valence-corrected chi connectivity index (χ0v) is 20.5. The highest BCUT2D eigenvalue weighted by atomic mass is 35.5. The Balaban J connectivity index is 1.58. The quantitative estimate of drug-likeness (QED) is 0.378. The first-order valence-electron chi connectivity index (χ1n) is 11.0. The number of amides is 2. The summed E-state index contributed by atoms with van der Waals surface area (Å²) in [6.45, 7) is 3.17. The van der Waals surface area contributed by atoms with E-state index in [-0.39, 0.29) is 23.2 Å². The van der Waals surface area contributed by atoms with Gasteiger partial charge in [-0.15, -0.1) is 0 Å². The van der Waals surface area contributed by atoms with Gasteiger partial charge in [-0.2, -0.15) is 0 Å². The summed E-state index contributed by atoms with van der Waals surface area (Å²) in [5.41, 5.74) is 1.84. The van der Waals surface area contributed by atoms with Gasteiger partial charge >= 0.3 is 6.03 Å². The summed E-state index contributed by atoms with van der Waals surface area (Å²) in [6.07, 6.45) is 4.33. The fraction of sp³-hybridized carbons (Fsp3) is 0.320. The molecule has 1 aliphatic rings. The number of phenols is 1. The van der Waals surface area contributed by atoms with Crippen molar-refractivity contribution in [2.24, 2.45) is 0 Å². The second-order valence-corrected chi connectivity index (χ2v) is 12.0. The van der Waals surface area contributed by atoms with Crippen LogP contribution in [0.2, 0.25) is 5.02 Å². The molecule has 1 aliphatic carbocycles. The molecule has 0 radical (unpaired) electrons. The third-order valence-corrected chi connectivity index (χ3v) is 9.12. The molecule has 1 unspecified atom stereocenters. The van der Waals surface area contributed by atoms with E-state index in [0.29, 0.717) is 12.2 Å². The zero-order chi connectivity index (χ0) is 24.5. The van der Waals surface area contributed by atoms with Crippen molar-refractivity contribution in [2.45, 2.75) is 55.2 Å². The molecule has 0 saturated carbocycles. The van der Waals surface area contributed by atoms with E-state index in [9.17, 15) is 18.3 Å². The highest BCUT2D eigenvalue weighted by molar-refractivity contribution is 7.93. The molecular weight excluding hydrogens is 476 g/mol. The van der Waals surface area contributed by atoms with Crippen molar-refractivity contribution < 1.29 is 22.7 Å². The van der Waals surface area contributed by atoms with Crippen molar-refractivity contribution in [3.63, 3.8) is 0 Å². The highest BCUT2D eigenvalue weighted by Crippen LogP contribution is 2.42. The summed E-state index contributed by atoms with van der Waals surface area (Å²) in [5.74, 6) is 0.124. The molecule has 0 bridgehead atoms. The van der Waals surface area contributed by atoms with Crippen molar-refractivity contribution in [1.82, 2.24) is 5.32 Å². The second-order valence-electron chi connectivity index (χ2n) is 9.05. The third kappa shape index (κ3) is 4.65. The smallest absolute Gasteiger partial charge is 0.319 e. The molecule has 2 amide bonds. The van der Waals surface area contributed by atoms with Gasteiger partial charge < -0.3 is 20.2 Å². The lowest BCUT2D eigenvalue weighted by Crippen LogP contribution is -2.35. The largest absolute Gasteiger partial charge is 0.504 e. The van der Waals surface area contributed by atoms with E-state index >= 15 is 0 Å². The lowest BCUT2D eigenvalue weighted by Gasteiger charge is -2.27. The Morgan fingerprint density at radius 1 is 1.18 bits per heavy atom. The van der Waals surface area contributed by atoms with Crippen molar-refractivity contribution in [3.05, 3.63) is 76.7 Å². The molecule has 0 fully saturated rings. The molecular formula is C25H27ClN2O5S. The van der Waals surface area contributed by atoms with Gasteiger partial charge in [-0.3, -0.25) is 0 Å². The molecule has 3 aromatic rings. The standard InChI is InChI=1S/C25H27ClN2O5S/c1-25(2,15-16-7-4-3-5-8-16)34(31,32)23-18(26)11-12-19(21(23)29)27-24(30)28-20-10-6-9-17-13-14-33-22(17)20/h3-5,7-8,11-14,20,29H,6,9-10,15H2,1-2H3,(H2,27,28,30). The number of phenolic OH excluding ortho intramolecular Hbond substituents is 1. The molecule has 1 atom stereocenters. The zero-order valence-electron chi connectivity index (χ0n) is 19.0. The molecule has 9 heteroatoms. The number of carbonyl (C=O) groups excluding carboxylic acids is 1. The van der Waals surface area contributed by atoms with E-state index in [1.807, 2.05) is 36.4 Å². The minimum absolute atomic E-state index is 0.0496. The number of anilines is 1. The van der Waals surface area contributed by atoms with Gasteiger partial charge in [0.05, 0.1) is 27.8 Å². The highest BCUT2D eigenvalue weighted by Gasteiger charge is 2.40. The molecule has 1 heterocycles. The maximum atomic E-state index is 13.6. The Morgan fingerprint density at radius 3 is 2.65 bits per heavy atom. The average molecular weight is 503 g/mol. The summed E-state index contributed by atoms with van der Waals surface area (Å²) >= 11 is 6.25. The summed E-state index contributed by atoms with van der Waals surface area (Å²) in [4.78, 5) is 12.3. The van der Waals surface area contributed by atoms with Gasteiger partial charge in [0.1, 0.15) is 10.7 Å². The number of halogens is 1. The number of urea groups is 1. The molecule has 4 rings (SSSR count). The predicted molar refractivity (Wildman–Crippen MR) is 131 cm³/mol. The number of aromatic hydroxyl groups is 1. The number of carbonyl (C=O) groups is 1. The first-order valence-corrected chi connectivity index (χ1v) is 12.9. The lowest BCUT2D eigenvalue weighted by atomic mass is 9.94. The van der Waals surface area contributed by atoms with Crippen LogP contribution < -0.4 is 10.6 Å². The maximum Gasteiger partial charge on any atom is 0.319 e. The van der Waals surface area contributed by atoms with Crippen LogP contribution in [0.3, 0.4) is 0 Å². The molecule has 0 spiro atoms. The number of fused-ring (bicyclic) bond motifs is 1. The summed E-state index contributed by atoms with van der Waals surface area (Å²) < 4.78 is 31.4. The Morgan fingerprint density at radius 2 is 1.91 bits per heavy atom. The Bertz CT molecular complexity index is 1300. The van der Waals surface area contributed by atoms with Gasteiger partial charge in [0.2, 0.25) is 0 Å². The van der Waals surface area contributed by atoms with E-state index in [0.717, 1.165) is 24.0 Å². The Labute approximate surface area is 204 Å². The summed E-state index contributed by atoms with van der Waals surface area (Å²) in [7, 11) is -4.08. The number of sulfone groups is 1. The number of hydrogen-bond acceptors (Lipinski definition) is 5. The lowest BCUT2D eigenvalue weighted by molar-refractivity contribution is 0.244. The van der Waals surface area contributed by atoms with E-state index in [1.165, 1.54) is 12.1 Å². The number of hydrogen-bond donors (Lipinski definition) is 3. The number of furan rings is 1. The molecule has 0 aliphatic heterocycles. The monoisotopic (exact) mass is 502 g/mol. The fourth-order valence-corrected chi connectivity index (χ4v) is 6.36. The van der Waals surface area contributed by atoms with Crippen molar-refractivity contribution >= 4 is 33.2 Å².